The van der Waals surface area contributed by atoms with Crippen molar-refractivity contribution in [2.45, 2.75) is 122 Å². The minimum absolute atomic E-state index is 0.0478. The number of thiazole rings is 1. The Morgan fingerprint density at radius 1 is 0.825 bits per heavy atom. The number of fused-ring (bicyclic) bond motifs is 3. The number of carbonyl (C=O) groups is 2. The Hall–Kier alpha value is -4.70. The standard InChI is InChI=1S/C48H60F3N5O5SSi/c1-31-25-35-34-23-17-18-24-38(34)56(44(58)61-46(5,6)7)40(35)41(39-26-52-42(62-39)53-37-28-54(27-36(37)49)43(57)60-45(2,3)4)55(31)29-48(50,51)30-59-63(47(8,9)10,32-19-13-11-14-20-32)33-21-15-12-16-22-33/h11-24,26,31,36-37,41H,25,27-30H2,1-10H3,(H,52,53)/t31-,36-,37+,41-/m1/s1. The third-order valence-corrected chi connectivity index (χ3v) is 17.5. The molecule has 1 saturated heterocycles. The van der Waals surface area contributed by atoms with Crippen LogP contribution in [0.5, 0.6) is 0 Å². The fourth-order valence-electron chi connectivity index (χ4n) is 9.00. The Balaban J connectivity index is 1.28. The van der Waals surface area contributed by atoms with E-state index in [1.165, 1.54) is 20.8 Å². The maximum Gasteiger partial charge on any atom is 0.419 e. The van der Waals surface area contributed by atoms with Gasteiger partial charge in [-0.3, -0.25) is 4.90 Å². The van der Waals surface area contributed by atoms with Gasteiger partial charge in [-0.2, -0.15) is 0 Å². The van der Waals surface area contributed by atoms with Gasteiger partial charge >= 0.3 is 12.2 Å². The summed E-state index contributed by atoms with van der Waals surface area (Å²) in [6.45, 7) is 17.0. The van der Waals surface area contributed by atoms with Crippen LogP contribution in [0.3, 0.4) is 0 Å². The first-order chi connectivity index (χ1) is 29.5. The number of rotatable bonds is 10. The number of likely N-dealkylation sites (tertiary alicyclic amines) is 1. The SMILES string of the molecule is C[C@@H]1Cc2c(n(C(=O)OC(C)(C)C)c3ccccc23)[C@@H](c2cnc(N[C@H]3CN(C(=O)OC(C)(C)C)C[C@H]3F)s2)N1CC(F)(F)CO[Si](c1ccccc1)(c1ccccc1)C(C)(C)C. The van der Waals surface area contributed by atoms with E-state index in [0.29, 0.717) is 27.6 Å². The molecule has 2 aliphatic heterocycles. The van der Waals surface area contributed by atoms with Gasteiger partial charge in [0.2, 0.25) is 0 Å². The molecule has 2 aliphatic rings. The lowest BCUT2D eigenvalue weighted by molar-refractivity contribution is -0.0820. The lowest BCUT2D eigenvalue weighted by Crippen LogP contribution is -2.67. The Labute approximate surface area is 373 Å². The number of hydrogen-bond donors (Lipinski definition) is 1. The van der Waals surface area contributed by atoms with Crippen LogP contribution in [0.2, 0.25) is 5.04 Å². The number of ether oxygens (including phenoxy) is 2. The highest BCUT2D eigenvalue weighted by molar-refractivity contribution is 7.15. The van der Waals surface area contributed by atoms with Crippen molar-refractivity contribution in [2.24, 2.45) is 0 Å². The van der Waals surface area contributed by atoms with Crippen LogP contribution in [-0.4, -0.2) is 101 Å². The van der Waals surface area contributed by atoms with Gasteiger partial charge in [0.1, 0.15) is 17.4 Å². The molecule has 5 aromatic rings. The Morgan fingerprint density at radius 2 is 1.40 bits per heavy atom. The van der Waals surface area contributed by atoms with Crippen LogP contribution in [0, 0.1) is 0 Å². The molecule has 15 heteroatoms. The number of nitrogens with zero attached hydrogens (tertiary/aromatic N) is 4. The van der Waals surface area contributed by atoms with E-state index in [1.54, 1.807) is 52.6 Å². The summed E-state index contributed by atoms with van der Waals surface area (Å²) < 4.78 is 69.9. The van der Waals surface area contributed by atoms with Gasteiger partial charge in [0.15, 0.2) is 5.13 Å². The third kappa shape index (κ3) is 9.71. The zero-order valence-electron chi connectivity index (χ0n) is 37.9. The second kappa shape index (κ2) is 17.4. The number of aromatic nitrogens is 2. The van der Waals surface area contributed by atoms with Crippen molar-refractivity contribution in [2.75, 3.05) is 31.6 Å². The quantitative estimate of drug-likeness (QED) is 0.139. The van der Waals surface area contributed by atoms with Crippen molar-refractivity contribution in [1.29, 1.82) is 0 Å². The Morgan fingerprint density at radius 3 is 1.98 bits per heavy atom. The molecule has 0 spiro atoms. The molecule has 1 N–H and O–H groups in total. The van der Waals surface area contributed by atoms with Crippen molar-refractivity contribution in [3.05, 3.63) is 107 Å². The molecular formula is C48H60F3N5O5SSi. The summed E-state index contributed by atoms with van der Waals surface area (Å²) in [6, 6.07) is 24.8. The van der Waals surface area contributed by atoms with Crippen LogP contribution in [0.1, 0.15) is 91.4 Å². The predicted octanol–water partition coefficient (Wildman–Crippen LogP) is 9.80. The third-order valence-electron chi connectivity index (χ3n) is 11.6. The van der Waals surface area contributed by atoms with Crippen molar-refractivity contribution in [3.8, 4) is 0 Å². The van der Waals surface area contributed by atoms with Gasteiger partial charge in [0, 0.05) is 29.0 Å². The van der Waals surface area contributed by atoms with Gasteiger partial charge in [0.05, 0.1) is 43.0 Å². The molecule has 3 aromatic carbocycles. The van der Waals surface area contributed by atoms with E-state index in [4.69, 9.17) is 13.9 Å². The fraction of sp³-hybridized carbons (Fsp3) is 0.479. The van der Waals surface area contributed by atoms with Gasteiger partial charge in [-0.15, -0.1) is 11.3 Å². The van der Waals surface area contributed by atoms with Gasteiger partial charge in [-0.1, -0.05) is 99.6 Å². The van der Waals surface area contributed by atoms with Crippen molar-refractivity contribution in [1.82, 2.24) is 19.4 Å². The average molecular weight is 904 g/mol. The molecule has 0 aliphatic carbocycles. The molecule has 0 saturated carbocycles. The molecule has 0 radical (unpaired) electrons. The van der Waals surface area contributed by atoms with Gasteiger partial charge in [-0.05, 0) is 81.9 Å². The summed E-state index contributed by atoms with van der Waals surface area (Å²) in [4.78, 5) is 35.5. The summed E-state index contributed by atoms with van der Waals surface area (Å²) in [5.41, 5.74) is 0.382. The molecule has 7 rings (SSSR count). The second-order valence-electron chi connectivity index (χ2n) is 19.9. The van der Waals surface area contributed by atoms with Gasteiger partial charge in [0.25, 0.3) is 14.2 Å². The summed E-state index contributed by atoms with van der Waals surface area (Å²) >= 11 is 1.20. The summed E-state index contributed by atoms with van der Waals surface area (Å²) in [7, 11) is -3.34. The number of carbonyl (C=O) groups excluding carboxylic acids is 2. The van der Waals surface area contributed by atoms with E-state index in [9.17, 15) is 9.59 Å². The normalized spacial score (nSPS) is 20.2. The van der Waals surface area contributed by atoms with Crippen LogP contribution in [-0.2, 0) is 20.3 Å². The monoisotopic (exact) mass is 903 g/mol. The number of benzene rings is 3. The highest BCUT2D eigenvalue weighted by Crippen LogP contribution is 2.46. The van der Waals surface area contributed by atoms with Crippen LogP contribution in [0.15, 0.2) is 91.1 Å². The lowest BCUT2D eigenvalue weighted by atomic mass is 9.91. The molecule has 0 unspecified atom stereocenters. The van der Waals surface area contributed by atoms with Crippen LogP contribution >= 0.6 is 11.3 Å². The highest BCUT2D eigenvalue weighted by atomic mass is 32.1. The molecule has 1 amide bonds. The number of amides is 1. The highest BCUT2D eigenvalue weighted by Gasteiger charge is 2.53. The smallest absolute Gasteiger partial charge is 0.419 e. The maximum absolute atomic E-state index is 17.3. The fourth-order valence-corrected chi connectivity index (χ4v) is 14.6. The van der Waals surface area contributed by atoms with E-state index in [2.05, 4.69) is 31.1 Å². The maximum atomic E-state index is 17.3. The second-order valence-corrected chi connectivity index (χ2v) is 25.2. The number of anilines is 1. The number of hydrogen-bond acceptors (Lipinski definition) is 9. The molecular weight excluding hydrogens is 844 g/mol. The zero-order valence-corrected chi connectivity index (χ0v) is 39.7. The number of para-hydroxylation sites is 1. The molecule has 4 atom stereocenters. The van der Waals surface area contributed by atoms with Gasteiger partial charge in [-0.25, -0.2) is 32.3 Å². The molecule has 2 aromatic heterocycles. The van der Waals surface area contributed by atoms with E-state index in [1.807, 2.05) is 91.9 Å². The number of nitrogens with one attached hydrogen (secondary N) is 1. The zero-order chi connectivity index (χ0) is 45.7. The molecule has 1 fully saturated rings. The average Bonchev–Trinajstić information content (AvgIpc) is 3.90. The first kappa shape index (κ1) is 46.3. The molecule has 0 bridgehead atoms. The summed E-state index contributed by atoms with van der Waals surface area (Å²) in [5, 5.41) is 5.62. The number of halogens is 3. The topological polar surface area (TPSA) is 98.2 Å². The molecule has 63 heavy (non-hydrogen) atoms. The number of alkyl halides is 3. The van der Waals surface area contributed by atoms with Crippen LogP contribution in [0.4, 0.5) is 27.9 Å². The van der Waals surface area contributed by atoms with Crippen molar-refractivity contribution in [3.63, 3.8) is 0 Å². The van der Waals surface area contributed by atoms with Crippen molar-refractivity contribution < 1.29 is 36.7 Å². The Kier molecular flexibility index (Phi) is 12.8. The minimum atomic E-state index is -3.37. The molecule has 10 nitrogen and oxygen atoms in total. The van der Waals surface area contributed by atoms with E-state index >= 15 is 13.2 Å². The first-order valence-electron chi connectivity index (χ1n) is 21.6. The Bertz CT molecular complexity index is 2370. The first-order valence-corrected chi connectivity index (χ1v) is 24.3. The molecule has 4 heterocycles. The van der Waals surface area contributed by atoms with E-state index < -0.39 is 80.1 Å². The van der Waals surface area contributed by atoms with Crippen LogP contribution in [0.25, 0.3) is 10.9 Å². The van der Waals surface area contributed by atoms with Crippen molar-refractivity contribution >= 4 is 58.2 Å². The largest absolute Gasteiger partial charge is 0.444 e. The van der Waals surface area contributed by atoms with E-state index in [0.717, 1.165) is 21.3 Å². The van der Waals surface area contributed by atoms with Gasteiger partial charge < -0.3 is 24.1 Å². The summed E-state index contributed by atoms with van der Waals surface area (Å²) in [6.07, 6.45) is -0.661. The lowest BCUT2D eigenvalue weighted by Gasteiger charge is -2.45. The van der Waals surface area contributed by atoms with Crippen LogP contribution < -0.4 is 15.7 Å². The molecule has 338 valence electrons. The summed E-state index contributed by atoms with van der Waals surface area (Å²) in [5.74, 6) is -3.37. The minimum Gasteiger partial charge on any atom is -0.444 e. The predicted molar refractivity (Wildman–Crippen MR) is 246 cm³/mol. The van der Waals surface area contributed by atoms with E-state index in [-0.39, 0.29) is 13.1 Å².